The van der Waals surface area contributed by atoms with Crippen molar-refractivity contribution in [3.63, 3.8) is 0 Å². The highest BCUT2D eigenvalue weighted by molar-refractivity contribution is 8.01. The van der Waals surface area contributed by atoms with Crippen LogP contribution < -0.4 is 5.32 Å². The third-order valence-corrected chi connectivity index (χ3v) is 6.27. The van der Waals surface area contributed by atoms with Crippen molar-refractivity contribution in [2.24, 2.45) is 0 Å². The molecular weight excluding hydrogens is 368 g/mol. The van der Waals surface area contributed by atoms with Gasteiger partial charge in [-0.1, -0.05) is 60.4 Å². The Kier molecular flexibility index (Phi) is 6.33. The van der Waals surface area contributed by atoms with E-state index in [0.29, 0.717) is 10.7 Å². The van der Waals surface area contributed by atoms with Gasteiger partial charge in [0.15, 0.2) is 4.34 Å². The predicted molar refractivity (Wildman–Crippen MR) is 96.7 cm³/mol. The van der Waals surface area contributed by atoms with Gasteiger partial charge in [0, 0.05) is 7.05 Å². The number of aromatic nitrogens is 2. The number of nitrogens with one attached hydrogen (secondary N) is 1. The van der Waals surface area contributed by atoms with E-state index >= 15 is 0 Å². The smallest absolute Gasteiger partial charge is 0.249 e. The van der Waals surface area contributed by atoms with Crippen molar-refractivity contribution in [3.05, 3.63) is 35.9 Å². The number of hydrogen-bond donors (Lipinski definition) is 1. The first-order valence-electron chi connectivity index (χ1n) is 7.08. The van der Waals surface area contributed by atoms with Gasteiger partial charge in [-0.2, -0.15) is 4.31 Å². The first-order chi connectivity index (χ1) is 11.3. The van der Waals surface area contributed by atoms with Gasteiger partial charge in [-0.25, -0.2) is 8.42 Å². The molecule has 24 heavy (non-hydrogen) atoms. The van der Waals surface area contributed by atoms with E-state index in [0.717, 1.165) is 20.7 Å². The highest BCUT2D eigenvalue weighted by Gasteiger charge is 2.31. The van der Waals surface area contributed by atoms with Crippen LogP contribution in [0.5, 0.6) is 0 Å². The number of benzene rings is 1. The van der Waals surface area contributed by atoms with Gasteiger partial charge in [0.05, 0.1) is 6.26 Å². The Morgan fingerprint density at radius 1 is 1.33 bits per heavy atom. The molecule has 0 saturated heterocycles. The second-order valence-corrected chi connectivity index (χ2v) is 9.42. The van der Waals surface area contributed by atoms with Crippen LogP contribution in [-0.2, 0) is 14.8 Å². The summed E-state index contributed by atoms with van der Waals surface area (Å²) in [7, 11) is -2.18. The SMILES string of the molecule is CCSc1nnc(NC(=O)C(c2ccccc2)N(C)S(C)(=O)=O)s1. The van der Waals surface area contributed by atoms with E-state index in [4.69, 9.17) is 0 Å². The molecule has 1 amide bonds. The Hall–Kier alpha value is -1.49. The standard InChI is InChI=1S/C14H18N4O3S3/c1-4-22-14-17-16-13(23-14)15-12(19)11(18(2)24(3,20)21)10-8-6-5-7-9-10/h5-9,11H,4H2,1-3H3,(H,15,16,19). The zero-order valence-corrected chi connectivity index (χ0v) is 15.9. The van der Waals surface area contributed by atoms with E-state index in [1.54, 1.807) is 30.3 Å². The van der Waals surface area contributed by atoms with Crippen LogP contribution in [0.15, 0.2) is 34.7 Å². The lowest BCUT2D eigenvalue weighted by atomic mass is 10.1. The quantitative estimate of drug-likeness (QED) is 0.579. The molecule has 2 rings (SSSR count). The topological polar surface area (TPSA) is 92.3 Å². The molecule has 0 radical (unpaired) electrons. The van der Waals surface area contributed by atoms with Crippen LogP contribution in [0.3, 0.4) is 0 Å². The van der Waals surface area contributed by atoms with E-state index in [1.165, 1.54) is 30.1 Å². The van der Waals surface area contributed by atoms with E-state index in [9.17, 15) is 13.2 Å². The summed E-state index contributed by atoms with van der Waals surface area (Å²) in [5.41, 5.74) is 0.579. The normalized spacial score (nSPS) is 13.0. The number of thioether (sulfide) groups is 1. The number of likely N-dealkylation sites (N-methyl/N-ethyl adjacent to an activating group) is 1. The molecule has 7 nitrogen and oxygen atoms in total. The summed E-state index contributed by atoms with van der Waals surface area (Å²) in [4.78, 5) is 12.7. The van der Waals surface area contributed by atoms with E-state index in [2.05, 4.69) is 15.5 Å². The molecule has 1 unspecified atom stereocenters. The van der Waals surface area contributed by atoms with Crippen molar-refractivity contribution in [1.29, 1.82) is 0 Å². The molecule has 1 aromatic heterocycles. The minimum absolute atomic E-state index is 0.346. The Bertz CT molecular complexity index is 793. The summed E-state index contributed by atoms with van der Waals surface area (Å²) in [6.07, 6.45) is 1.07. The lowest BCUT2D eigenvalue weighted by molar-refractivity contribution is -0.119. The zero-order chi connectivity index (χ0) is 17.7. The minimum Gasteiger partial charge on any atom is -0.299 e. The second kappa shape index (κ2) is 8.06. The third-order valence-electron chi connectivity index (χ3n) is 3.15. The summed E-state index contributed by atoms with van der Waals surface area (Å²) < 4.78 is 25.6. The summed E-state index contributed by atoms with van der Waals surface area (Å²) in [5, 5.41) is 10.9. The zero-order valence-electron chi connectivity index (χ0n) is 13.5. The fraction of sp³-hybridized carbons (Fsp3) is 0.357. The summed E-state index contributed by atoms with van der Waals surface area (Å²) in [6, 6.07) is 7.76. The average Bonchev–Trinajstić information content (AvgIpc) is 2.95. The van der Waals surface area contributed by atoms with Gasteiger partial charge in [0.1, 0.15) is 6.04 Å². The minimum atomic E-state index is -3.56. The molecule has 0 aliphatic carbocycles. The van der Waals surface area contributed by atoms with Gasteiger partial charge in [-0.05, 0) is 11.3 Å². The molecule has 0 bridgehead atoms. The number of nitrogens with zero attached hydrogens (tertiary/aromatic N) is 3. The largest absolute Gasteiger partial charge is 0.299 e. The van der Waals surface area contributed by atoms with Crippen LogP contribution in [0.2, 0.25) is 0 Å². The summed E-state index contributed by atoms with van der Waals surface area (Å²) >= 11 is 2.78. The molecule has 0 spiro atoms. The molecule has 2 aromatic rings. The Morgan fingerprint density at radius 2 is 2.00 bits per heavy atom. The number of carbonyl (C=O) groups excluding carboxylic acids is 1. The van der Waals surface area contributed by atoms with Crippen molar-refractivity contribution >= 4 is 44.2 Å². The monoisotopic (exact) mass is 386 g/mol. The van der Waals surface area contributed by atoms with E-state index in [-0.39, 0.29) is 0 Å². The van der Waals surface area contributed by atoms with Crippen LogP contribution in [0, 0.1) is 0 Å². The lowest BCUT2D eigenvalue weighted by Gasteiger charge is -2.25. The molecule has 0 aliphatic heterocycles. The molecule has 1 heterocycles. The van der Waals surface area contributed by atoms with E-state index in [1.807, 2.05) is 6.92 Å². The fourth-order valence-electron chi connectivity index (χ4n) is 1.97. The average molecular weight is 387 g/mol. The molecule has 1 N–H and O–H groups in total. The van der Waals surface area contributed by atoms with Gasteiger partial charge >= 0.3 is 0 Å². The number of sulfonamides is 1. The number of anilines is 1. The maximum atomic E-state index is 12.7. The second-order valence-electron chi connectivity index (χ2n) is 4.89. The Balaban J connectivity index is 2.27. The molecule has 130 valence electrons. The Labute approximate surface area is 149 Å². The van der Waals surface area contributed by atoms with Crippen LogP contribution in [0.1, 0.15) is 18.5 Å². The maximum absolute atomic E-state index is 12.7. The fourth-order valence-corrected chi connectivity index (χ4v) is 4.22. The highest BCUT2D eigenvalue weighted by atomic mass is 32.2. The molecule has 1 atom stereocenters. The molecule has 0 saturated carbocycles. The molecule has 10 heteroatoms. The van der Waals surface area contributed by atoms with Crippen LogP contribution >= 0.6 is 23.1 Å². The molecule has 0 fully saturated rings. The van der Waals surface area contributed by atoms with Crippen molar-refractivity contribution in [2.45, 2.75) is 17.3 Å². The van der Waals surface area contributed by atoms with Crippen LogP contribution in [0.4, 0.5) is 5.13 Å². The summed E-state index contributed by atoms with van der Waals surface area (Å²) in [5.74, 6) is 0.379. The van der Waals surface area contributed by atoms with E-state index < -0.39 is 22.0 Å². The van der Waals surface area contributed by atoms with Crippen molar-refractivity contribution in [2.75, 3.05) is 24.4 Å². The molecule has 0 aliphatic rings. The van der Waals surface area contributed by atoms with Gasteiger partial charge in [-0.3, -0.25) is 10.1 Å². The van der Waals surface area contributed by atoms with Crippen LogP contribution in [-0.4, -0.2) is 47.9 Å². The third kappa shape index (κ3) is 4.76. The molecular formula is C14H18N4O3S3. The molecule has 1 aromatic carbocycles. The first kappa shape index (κ1) is 18.8. The summed E-state index contributed by atoms with van der Waals surface area (Å²) in [6.45, 7) is 2.00. The number of rotatable bonds is 7. The van der Waals surface area contributed by atoms with Gasteiger partial charge in [0.2, 0.25) is 21.1 Å². The lowest BCUT2D eigenvalue weighted by Crippen LogP contribution is -2.38. The van der Waals surface area contributed by atoms with Crippen molar-refractivity contribution in [1.82, 2.24) is 14.5 Å². The van der Waals surface area contributed by atoms with Gasteiger partial charge < -0.3 is 0 Å². The van der Waals surface area contributed by atoms with Gasteiger partial charge in [-0.15, -0.1) is 10.2 Å². The highest BCUT2D eigenvalue weighted by Crippen LogP contribution is 2.27. The number of amides is 1. The van der Waals surface area contributed by atoms with Crippen molar-refractivity contribution in [3.8, 4) is 0 Å². The maximum Gasteiger partial charge on any atom is 0.249 e. The number of carbonyl (C=O) groups is 1. The Morgan fingerprint density at radius 3 is 2.58 bits per heavy atom. The van der Waals surface area contributed by atoms with Crippen LogP contribution in [0.25, 0.3) is 0 Å². The van der Waals surface area contributed by atoms with Crippen molar-refractivity contribution < 1.29 is 13.2 Å². The number of hydrogen-bond acceptors (Lipinski definition) is 7. The van der Waals surface area contributed by atoms with Gasteiger partial charge in [0.25, 0.3) is 0 Å². The predicted octanol–water partition coefficient (Wildman–Crippen LogP) is 2.22. The first-order valence-corrected chi connectivity index (χ1v) is 10.7.